The molecule has 5 rings (SSSR count). The summed E-state index contributed by atoms with van der Waals surface area (Å²) in [4.78, 5) is 39.7. The highest BCUT2D eigenvalue weighted by Gasteiger charge is 2.28. The zero-order chi connectivity index (χ0) is 27.4. The summed E-state index contributed by atoms with van der Waals surface area (Å²) in [5.74, 6) is -0.798. The Balaban J connectivity index is 1.28. The second kappa shape index (κ2) is 11.2. The summed E-state index contributed by atoms with van der Waals surface area (Å²) >= 11 is 0. The minimum absolute atomic E-state index is 0.0279. The van der Waals surface area contributed by atoms with E-state index >= 15 is 0 Å². The van der Waals surface area contributed by atoms with E-state index in [2.05, 4.69) is 5.32 Å². The number of hydrogen-bond donors (Lipinski definition) is 1. The number of Topliss-reactive ketones (excluding diaryl/α,β-unsaturated/α-hetero) is 1. The van der Waals surface area contributed by atoms with E-state index in [4.69, 9.17) is 13.9 Å². The maximum Gasteiger partial charge on any atom is 0.287 e. The van der Waals surface area contributed by atoms with E-state index in [0.29, 0.717) is 17.2 Å². The van der Waals surface area contributed by atoms with Crippen molar-refractivity contribution in [1.82, 2.24) is 5.32 Å². The SMILES string of the molecule is C[C@@H](NC(=O)c1ccc(CN2C(=O)COc3ccc(C(=O)COc4ccccc4F)cc32)o1)c1ccccc1. The minimum atomic E-state index is -0.568. The summed E-state index contributed by atoms with van der Waals surface area (Å²) < 4.78 is 30.5. The van der Waals surface area contributed by atoms with Crippen molar-refractivity contribution in [1.29, 1.82) is 0 Å². The van der Waals surface area contributed by atoms with Crippen LogP contribution in [-0.2, 0) is 11.3 Å². The number of nitrogens with zero attached hydrogens (tertiary/aromatic N) is 1. The first-order valence-corrected chi connectivity index (χ1v) is 12.3. The van der Waals surface area contributed by atoms with Gasteiger partial charge in [0, 0.05) is 5.56 Å². The fourth-order valence-electron chi connectivity index (χ4n) is 4.17. The third-order valence-corrected chi connectivity index (χ3v) is 6.27. The predicted octanol–water partition coefficient (Wildman–Crippen LogP) is 5.10. The summed E-state index contributed by atoms with van der Waals surface area (Å²) in [5.41, 5.74) is 1.60. The van der Waals surface area contributed by atoms with E-state index in [-0.39, 0.29) is 54.7 Å². The molecule has 0 unspecified atom stereocenters. The number of para-hydroxylation sites is 1. The monoisotopic (exact) mass is 528 g/mol. The highest BCUT2D eigenvalue weighted by molar-refractivity contribution is 6.02. The van der Waals surface area contributed by atoms with Gasteiger partial charge in [0.05, 0.1) is 18.3 Å². The lowest BCUT2D eigenvalue weighted by atomic mass is 10.1. The fourth-order valence-corrected chi connectivity index (χ4v) is 4.17. The molecule has 9 heteroatoms. The molecule has 1 aromatic heterocycles. The first kappa shape index (κ1) is 25.7. The van der Waals surface area contributed by atoms with Gasteiger partial charge in [0.25, 0.3) is 11.8 Å². The van der Waals surface area contributed by atoms with Gasteiger partial charge < -0.3 is 19.2 Å². The topological polar surface area (TPSA) is 98.1 Å². The van der Waals surface area contributed by atoms with E-state index in [1.165, 1.54) is 29.2 Å². The van der Waals surface area contributed by atoms with E-state index < -0.39 is 11.6 Å². The highest BCUT2D eigenvalue weighted by Crippen LogP contribution is 2.34. The molecule has 39 heavy (non-hydrogen) atoms. The van der Waals surface area contributed by atoms with Crippen molar-refractivity contribution in [3.8, 4) is 11.5 Å². The molecule has 0 aliphatic carbocycles. The number of anilines is 1. The van der Waals surface area contributed by atoms with E-state index in [1.54, 1.807) is 30.3 Å². The number of benzene rings is 3. The van der Waals surface area contributed by atoms with Crippen molar-refractivity contribution in [3.05, 3.63) is 113 Å². The normalized spacial score (nSPS) is 13.3. The molecule has 8 nitrogen and oxygen atoms in total. The van der Waals surface area contributed by atoms with E-state index in [0.717, 1.165) is 5.56 Å². The van der Waals surface area contributed by atoms with E-state index in [9.17, 15) is 18.8 Å². The van der Waals surface area contributed by atoms with Gasteiger partial charge in [0.15, 0.2) is 36.3 Å². The highest BCUT2D eigenvalue weighted by atomic mass is 19.1. The van der Waals surface area contributed by atoms with Gasteiger partial charge in [-0.1, -0.05) is 42.5 Å². The van der Waals surface area contributed by atoms with Crippen molar-refractivity contribution in [2.24, 2.45) is 0 Å². The number of ether oxygens (including phenoxy) is 2. The summed E-state index contributed by atoms with van der Waals surface area (Å²) in [5, 5.41) is 2.89. The Morgan fingerprint density at radius 2 is 1.79 bits per heavy atom. The zero-order valence-electron chi connectivity index (χ0n) is 21.1. The van der Waals surface area contributed by atoms with Crippen molar-refractivity contribution in [2.45, 2.75) is 19.5 Å². The lowest BCUT2D eigenvalue weighted by molar-refractivity contribution is -0.121. The third kappa shape index (κ3) is 5.82. The number of hydrogen-bond acceptors (Lipinski definition) is 6. The number of amides is 2. The number of halogens is 1. The molecule has 198 valence electrons. The molecule has 1 N–H and O–H groups in total. The molecule has 1 aliphatic heterocycles. The van der Waals surface area contributed by atoms with Crippen LogP contribution >= 0.6 is 0 Å². The summed E-state index contributed by atoms with van der Waals surface area (Å²) in [6.07, 6.45) is 0. The molecule has 0 spiro atoms. The molecule has 2 heterocycles. The van der Waals surface area contributed by atoms with Gasteiger partial charge >= 0.3 is 0 Å². The predicted molar refractivity (Wildman–Crippen MR) is 140 cm³/mol. The largest absolute Gasteiger partial charge is 0.482 e. The molecule has 4 aromatic rings. The molecule has 0 radical (unpaired) electrons. The number of nitrogens with one attached hydrogen (secondary N) is 1. The second-order valence-electron chi connectivity index (χ2n) is 8.97. The number of carbonyl (C=O) groups excluding carboxylic acids is 3. The standard InChI is InChI=1S/C30H25FN2O6/c1-19(20-7-3-2-4-8-20)32-30(36)28-14-12-22(39-28)16-33-24-15-21(11-13-27(24)38-18-29(33)35)25(34)17-37-26-10-6-5-9-23(26)31/h2-15,19H,16-18H2,1H3,(H,32,36)/t19-/m1/s1. The minimum Gasteiger partial charge on any atom is -0.482 e. The van der Waals surface area contributed by atoms with Crippen molar-refractivity contribution >= 4 is 23.3 Å². The molecule has 0 bridgehead atoms. The van der Waals surface area contributed by atoms with Crippen LogP contribution in [0.1, 0.15) is 45.2 Å². The Bertz CT molecular complexity index is 1520. The summed E-state index contributed by atoms with van der Waals surface area (Å²) in [6, 6.07) is 23.0. The Hall–Kier alpha value is -4.92. The lowest BCUT2D eigenvalue weighted by Crippen LogP contribution is -2.38. The first-order valence-electron chi connectivity index (χ1n) is 12.3. The zero-order valence-corrected chi connectivity index (χ0v) is 21.1. The Morgan fingerprint density at radius 1 is 1.03 bits per heavy atom. The lowest BCUT2D eigenvalue weighted by Gasteiger charge is -2.29. The summed E-state index contributed by atoms with van der Waals surface area (Å²) in [6.45, 7) is 1.34. The van der Waals surface area contributed by atoms with Gasteiger partial charge in [0.1, 0.15) is 11.5 Å². The number of rotatable bonds is 9. The van der Waals surface area contributed by atoms with Crippen LogP contribution in [0.4, 0.5) is 10.1 Å². The molecule has 2 amide bonds. The average molecular weight is 529 g/mol. The second-order valence-corrected chi connectivity index (χ2v) is 8.97. The number of ketones is 1. The van der Waals surface area contributed by atoms with Crippen LogP contribution in [0.2, 0.25) is 0 Å². The van der Waals surface area contributed by atoms with Crippen LogP contribution < -0.4 is 19.7 Å². The quantitative estimate of drug-likeness (QED) is 0.304. The maximum absolute atomic E-state index is 13.8. The smallest absolute Gasteiger partial charge is 0.287 e. The van der Waals surface area contributed by atoms with Gasteiger partial charge in [-0.25, -0.2) is 4.39 Å². The van der Waals surface area contributed by atoms with Gasteiger partial charge in [-0.15, -0.1) is 0 Å². The molecule has 0 saturated carbocycles. The van der Waals surface area contributed by atoms with Gasteiger partial charge in [-0.2, -0.15) is 0 Å². The van der Waals surface area contributed by atoms with Crippen LogP contribution in [-0.4, -0.2) is 30.8 Å². The van der Waals surface area contributed by atoms with Crippen molar-refractivity contribution < 1.29 is 32.7 Å². The Kier molecular flexibility index (Phi) is 7.40. The maximum atomic E-state index is 13.8. The third-order valence-electron chi connectivity index (χ3n) is 6.27. The van der Waals surface area contributed by atoms with Crippen molar-refractivity contribution in [2.75, 3.05) is 18.1 Å². The number of carbonyl (C=O) groups is 3. The summed E-state index contributed by atoms with van der Waals surface area (Å²) in [7, 11) is 0. The van der Waals surface area contributed by atoms with Crippen LogP contribution in [0.5, 0.6) is 11.5 Å². The fraction of sp³-hybridized carbons (Fsp3) is 0.167. The number of fused-ring (bicyclic) bond motifs is 1. The molecule has 1 aliphatic rings. The Morgan fingerprint density at radius 3 is 2.59 bits per heavy atom. The van der Waals surface area contributed by atoms with Gasteiger partial charge in [0.2, 0.25) is 0 Å². The van der Waals surface area contributed by atoms with Crippen LogP contribution in [0.25, 0.3) is 0 Å². The van der Waals surface area contributed by atoms with E-state index in [1.807, 2.05) is 37.3 Å². The van der Waals surface area contributed by atoms with Crippen molar-refractivity contribution in [3.63, 3.8) is 0 Å². The average Bonchev–Trinajstić information content (AvgIpc) is 3.43. The van der Waals surface area contributed by atoms with Gasteiger partial charge in [-0.3, -0.25) is 19.3 Å². The van der Waals surface area contributed by atoms with Gasteiger partial charge in [-0.05, 0) is 55.0 Å². The molecular weight excluding hydrogens is 503 g/mol. The molecule has 0 fully saturated rings. The molecular formula is C30H25FN2O6. The first-order chi connectivity index (χ1) is 18.9. The number of furan rings is 1. The van der Waals surface area contributed by atoms with Crippen LogP contribution in [0.15, 0.2) is 89.3 Å². The molecule has 3 aromatic carbocycles. The Labute approximate surface area is 223 Å². The van der Waals surface area contributed by atoms with Crippen LogP contribution in [0, 0.1) is 5.82 Å². The molecule has 0 saturated heterocycles. The molecule has 1 atom stereocenters. The van der Waals surface area contributed by atoms with Crippen LogP contribution in [0.3, 0.4) is 0 Å².